The lowest BCUT2D eigenvalue weighted by molar-refractivity contribution is 0.192. The largest absolute Gasteiger partial charge is 0.399 e. The summed E-state index contributed by atoms with van der Waals surface area (Å²) in [6.45, 7) is 1.77. The van der Waals surface area contributed by atoms with Gasteiger partial charge in [-0.2, -0.15) is 0 Å². The number of pyridine rings is 1. The Morgan fingerprint density at radius 1 is 1.40 bits per heavy atom. The van der Waals surface area contributed by atoms with Crippen molar-refractivity contribution in [1.82, 2.24) is 4.98 Å². The molecule has 1 heterocycles. The summed E-state index contributed by atoms with van der Waals surface area (Å²) in [5, 5.41) is 3.23. The van der Waals surface area contributed by atoms with E-state index in [0.29, 0.717) is 0 Å². The van der Waals surface area contributed by atoms with Crippen molar-refractivity contribution in [3.8, 4) is 0 Å². The SMILES string of the molecule is COCCCCCNc1cc(N)ccn1. The molecular formula is C11H19N3O. The minimum atomic E-state index is 0.742. The first-order valence-corrected chi connectivity index (χ1v) is 5.27. The molecule has 0 atom stereocenters. The maximum atomic E-state index is 5.63. The minimum Gasteiger partial charge on any atom is -0.399 e. The fourth-order valence-corrected chi connectivity index (χ4v) is 1.31. The van der Waals surface area contributed by atoms with Crippen LogP contribution in [0.25, 0.3) is 0 Å². The van der Waals surface area contributed by atoms with Crippen LogP contribution in [0, 0.1) is 0 Å². The first-order chi connectivity index (χ1) is 7.33. The predicted molar refractivity (Wildman–Crippen MR) is 62.9 cm³/mol. The molecule has 4 nitrogen and oxygen atoms in total. The molecule has 1 aromatic heterocycles. The maximum Gasteiger partial charge on any atom is 0.127 e. The van der Waals surface area contributed by atoms with E-state index in [4.69, 9.17) is 10.5 Å². The van der Waals surface area contributed by atoms with E-state index in [1.165, 1.54) is 6.42 Å². The van der Waals surface area contributed by atoms with Gasteiger partial charge in [-0.15, -0.1) is 0 Å². The van der Waals surface area contributed by atoms with Gasteiger partial charge in [0.1, 0.15) is 5.82 Å². The lowest BCUT2D eigenvalue weighted by Crippen LogP contribution is -2.04. The third-order valence-corrected chi connectivity index (χ3v) is 2.12. The molecule has 4 heteroatoms. The third-order valence-electron chi connectivity index (χ3n) is 2.12. The highest BCUT2D eigenvalue weighted by Crippen LogP contribution is 2.07. The molecule has 0 aliphatic carbocycles. The van der Waals surface area contributed by atoms with E-state index in [0.717, 1.165) is 37.5 Å². The predicted octanol–water partition coefficient (Wildman–Crippen LogP) is 1.89. The summed E-state index contributed by atoms with van der Waals surface area (Å²) < 4.78 is 4.97. The Hall–Kier alpha value is -1.29. The molecule has 0 aliphatic rings. The number of hydrogen-bond acceptors (Lipinski definition) is 4. The van der Waals surface area contributed by atoms with Crippen molar-refractivity contribution in [2.24, 2.45) is 0 Å². The monoisotopic (exact) mass is 209 g/mol. The third kappa shape index (κ3) is 5.22. The normalized spacial score (nSPS) is 10.2. The molecule has 0 amide bonds. The summed E-state index contributed by atoms with van der Waals surface area (Å²) in [5.41, 5.74) is 6.37. The summed E-state index contributed by atoms with van der Waals surface area (Å²) >= 11 is 0. The van der Waals surface area contributed by atoms with Crippen LogP contribution >= 0.6 is 0 Å². The molecule has 0 bridgehead atoms. The molecule has 0 saturated heterocycles. The molecule has 0 spiro atoms. The standard InChI is InChI=1S/C11H19N3O/c1-15-8-4-2-3-6-13-11-9-10(12)5-7-14-11/h5,7,9H,2-4,6,8H2,1H3,(H3,12,13,14). The number of nitrogens with two attached hydrogens (primary N) is 1. The van der Waals surface area contributed by atoms with Gasteiger partial charge in [0, 0.05) is 38.2 Å². The number of nitrogens with zero attached hydrogens (tertiary/aromatic N) is 1. The van der Waals surface area contributed by atoms with Gasteiger partial charge in [0.15, 0.2) is 0 Å². The van der Waals surface area contributed by atoms with Crippen molar-refractivity contribution < 1.29 is 4.74 Å². The zero-order chi connectivity index (χ0) is 10.9. The molecule has 0 aliphatic heterocycles. The second-order valence-electron chi connectivity index (χ2n) is 3.45. The number of ether oxygens (including phenoxy) is 1. The van der Waals surface area contributed by atoms with Gasteiger partial charge < -0.3 is 15.8 Å². The van der Waals surface area contributed by atoms with Crippen molar-refractivity contribution >= 4 is 11.5 Å². The molecule has 1 aromatic rings. The zero-order valence-corrected chi connectivity index (χ0v) is 9.20. The first-order valence-electron chi connectivity index (χ1n) is 5.27. The average molecular weight is 209 g/mol. The topological polar surface area (TPSA) is 60.2 Å². The van der Waals surface area contributed by atoms with Gasteiger partial charge in [-0.25, -0.2) is 4.98 Å². The second kappa shape index (κ2) is 7.06. The van der Waals surface area contributed by atoms with E-state index in [1.54, 1.807) is 19.4 Å². The van der Waals surface area contributed by atoms with Crippen LogP contribution in [-0.4, -0.2) is 25.2 Å². The summed E-state index contributed by atoms with van der Waals surface area (Å²) in [6.07, 6.45) is 5.12. The van der Waals surface area contributed by atoms with Crippen LogP contribution in [0.5, 0.6) is 0 Å². The van der Waals surface area contributed by atoms with Crippen LogP contribution in [0.1, 0.15) is 19.3 Å². The Kier molecular flexibility index (Phi) is 5.55. The van der Waals surface area contributed by atoms with Crippen molar-refractivity contribution in [2.45, 2.75) is 19.3 Å². The fourth-order valence-electron chi connectivity index (χ4n) is 1.31. The van der Waals surface area contributed by atoms with E-state index in [9.17, 15) is 0 Å². The fraction of sp³-hybridized carbons (Fsp3) is 0.545. The summed E-state index contributed by atoms with van der Waals surface area (Å²) in [4.78, 5) is 4.16. The summed E-state index contributed by atoms with van der Waals surface area (Å²) in [6, 6.07) is 3.62. The van der Waals surface area contributed by atoms with E-state index in [-0.39, 0.29) is 0 Å². The van der Waals surface area contributed by atoms with E-state index in [1.807, 2.05) is 6.07 Å². The van der Waals surface area contributed by atoms with Gasteiger partial charge >= 0.3 is 0 Å². The van der Waals surface area contributed by atoms with Crippen molar-refractivity contribution in [2.75, 3.05) is 31.3 Å². The number of unbranched alkanes of at least 4 members (excludes halogenated alkanes) is 2. The van der Waals surface area contributed by atoms with Crippen molar-refractivity contribution in [1.29, 1.82) is 0 Å². The highest BCUT2D eigenvalue weighted by atomic mass is 16.5. The lowest BCUT2D eigenvalue weighted by Gasteiger charge is -2.05. The molecular weight excluding hydrogens is 190 g/mol. The summed E-state index contributed by atoms with van der Waals surface area (Å²) in [5.74, 6) is 0.849. The van der Waals surface area contributed by atoms with Crippen LogP contribution in [-0.2, 0) is 4.74 Å². The van der Waals surface area contributed by atoms with Crippen LogP contribution < -0.4 is 11.1 Å². The number of nitrogens with one attached hydrogen (secondary N) is 1. The van der Waals surface area contributed by atoms with Gasteiger partial charge in [0.2, 0.25) is 0 Å². The number of methoxy groups -OCH3 is 1. The molecule has 0 radical (unpaired) electrons. The van der Waals surface area contributed by atoms with E-state index in [2.05, 4.69) is 10.3 Å². The molecule has 3 N–H and O–H groups in total. The van der Waals surface area contributed by atoms with E-state index >= 15 is 0 Å². The molecule has 0 saturated carbocycles. The number of hydrogen-bond donors (Lipinski definition) is 2. The smallest absolute Gasteiger partial charge is 0.127 e. The highest BCUT2D eigenvalue weighted by molar-refractivity contribution is 5.48. The lowest BCUT2D eigenvalue weighted by atomic mass is 10.2. The Balaban J connectivity index is 2.10. The molecule has 15 heavy (non-hydrogen) atoms. The van der Waals surface area contributed by atoms with Gasteiger partial charge in [-0.3, -0.25) is 0 Å². The Bertz CT molecular complexity index is 278. The number of anilines is 2. The van der Waals surface area contributed by atoms with Crippen LogP contribution in [0.15, 0.2) is 18.3 Å². The van der Waals surface area contributed by atoms with Gasteiger partial charge in [0.25, 0.3) is 0 Å². The van der Waals surface area contributed by atoms with Crippen molar-refractivity contribution in [3.63, 3.8) is 0 Å². The number of aromatic nitrogens is 1. The molecule has 1 rings (SSSR count). The summed E-state index contributed by atoms with van der Waals surface area (Å²) in [7, 11) is 1.73. The Morgan fingerprint density at radius 3 is 3.00 bits per heavy atom. The maximum absolute atomic E-state index is 5.63. The quantitative estimate of drug-likeness (QED) is 0.673. The molecule has 84 valence electrons. The second-order valence-corrected chi connectivity index (χ2v) is 3.45. The molecule has 0 unspecified atom stereocenters. The first kappa shape index (κ1) is 11.8. The average Bonchev–Trinajstić information content (AvgIpc) is 2.23. The molecule has 0 fully saturated rings. The van der Waals surface area contributed by atoms with Crippen LogP contribution in [0.3, 0.4) is 0 Å². The van der Waals surface area contributed by atoms with E-state index < -0.39 is 0 Å². The molecule has 0 aromatic carbocycles. The van der Waals surface area contributed by atoms with Gasteiger partial charge in [-0.1, -0.05) is 0 Å². The van der Waals surface area contributed by atoms with Gasteiger partial charge in [-0.05, 0) is 25.3 Å². The highest BCUT2D eigenvalue weighted by Gasteiger charge is 1.93. The van der Waals surface area contributed by atoms with Crippen LogP contribution in [0.2, 0.25) is 0 Å². The minimum absolute atomic E-state index is 0.742. The van der Waals surface area contributed by atoms with Crippen LogP contribution in [0.4, 0.5) is 11.5 Å². The Morgan fingerprint density at radius 2 is 2.27 bits per heavy atom. The zero-order valence-electron chi connectivity index (χ0n) is 9.20. The number of rotatable bonds is 7. The van der Waals surface area contributed by atoms with Crippen molar-refractivity contribution in [3.05, 3.63) is 18.3 Å². The Labute approximate surface area is 90.8 Å². The number of nitrogen functional groups attached to an aromatic ring is 1. The van der Waals surface area contributed by atoms with Gasteiger partial charge in [0.05, 0.1) is 0 Å².